The number of ether oxygens (including phenoxy) is 2. The van der Waals surface area contributed by atoms with Crippen LogP contribution in [0.1, 0.15) is 32.3 Å². The van der Waals surface area contributed by atoms with E-state index in [-0.39, 0.29) is 5.91 Å². The van der Waals surface area contributed by atoms with E-state index in [4.69, 9.17) is 9.47 Å². The number of hydrogen-bond donors (Lipinski definition) is 2. The minimum atomic E-state index is 0.0108. The maximum Gasteiger partial charge on any atom is 0.223 e. The molecule has 0 radical (unpaired) electrons. The predicted octanol–water partition coefficient (Wildman–Crippen LogP) is 2.10. The molecule has 1 aromatic carbocycles. The van der Waals surface area contributed by atoms with Crippen LogP contribution in [-0.2, 0) is 11.3 Å². The Morgan fingerprint density at radius 2 is 2.10 bits per heavy atom. The Morgan fingerprint density at radius 1 is 1.29 bits per heavy atom. The van der Waals surface area contributed by atoms with Gasteiger partial charge in [-0.25, -0.2) is 0 Å². The van der Waals surface area contributed by atoms with E-state index in [9.17, 15) is 4.79 Å². The molecule has 118 valence electrons. The molecule has 5 heteroatoms. The molecule has 0 atom stereocenters. The van der Waals surface area contributed by atoms with Gasteiger partial charge in [-0.2, -0.15) is 0 Å². The molecule has 21 heavy (non-hydrogen) atoms. The van der Waals surface area contributed by atoms with E-state index in [0.29, 0.717) is 19.6 Å². The van der Waals surface area contributed by atoms with Crippen LogP contribution in [0.5, 0.6) is 11.5 Å². The topological polar surface area (TPSA) is 59.6 Å². The van der Waals surface area contributed by atoms with E-state index in [2.05, 4.69) is 17.6 Å². The number of benzene rings is 1. The lowest BCUT2D eigenvalue weighted by molar-refractivity contribution is -0.121. The first-order valence-corrected chi connectivity index (χ1v) is 7.48. The zero-order chi connectivity index (χ0) is 15.5. The molecule has 0 bridgehead atoms. The van der Waals surface area contributed by atoms with Gasteiger partial charge in [0.25, 0.3) is 0 Å². The fourth-order valence-corrected chi connectivity index (χ4v) is 1.90. The Morgan fingerprint density at radius 3 is 2.76 bits per heavy atom. The van der Waals surface area contributed by atoms with Gasteiger partial charge >= 0.3 is 0 Å². The highest BCUT2D eigenvalue weighted by atomic mass is 16.5. The zero-order valence-corrected chi connectivity index (χ0v) is 13.2. The SMILES string of the molecule is CCCNCc1cc(OC)ccc1OCCC(=O)NCC. The molecule has 1 rings (SSSR count). The molecule has 2 N–H and O–H groups in total. The van der Waals surface area contributed by atoms with Crippen molar-refractivity contribution in [3.8, 4) is 11.5 Å². The van der Waals surface area contributed by atoms with Crippen LogP contribution >= 0.6 is 0 Å². The summed E-state index contributed by atoms with van der Waals surface area (Å²) in [6.45, 7) is 6.73. The number of methoxy groups -OCH3 is 1. The molecule has 0 fully saturated rings. The summed E-state index contributed by atoms with van der Waals surface area (Å²) in [5.41, 5.74) is 1.04. The van der Waals surface area contributed by atoms with Gasteiger partial charge in [-0.3, -0.25) is 4.79 Å². The molecule has 0 aliphatic heterocycles. The molecule has 0 aromatic heterocycles. The van der Waals surface area contributed by atoms with Crippen LogP contribution in [0.3, 0.4) is 0 Å². The van der Waals surface area contributed by atoms with E-state index >= 15 is 0 Å². The first-order valence-electron chi connectivity index (χ1n) is 7.48. The van der Waals surface area contributed by atoms with Crippen molar-refractivity contribution in [2.24, 2.45) is 0 Å². The second-order valence-corrected chi connectivity index (χ2v) is 4.70. The minimum Gasteiger partial charge on any atom is -0.497 e. The summed E-state index contributed by atoms with van der Waals surface area (Å²) in [5, 5.41) is 6.10. The van der Waals surface area contributed by atoms with Crippen LogP contribution in [0.15, 0.2) is 18.2 Å². The summed E-state index contributed by atoms with van der Waals surface area (Å²) in [6.07, 6.45) is 1.44. The maximum absolute atomic E-state index is 11.4. The van der Waals surface area contributed by atoms with Gasteiger partial charge in [-0.1, -0.05) is 6.92 Å². The summed E-state index contributed by atoms with van der Waals surface area (Å²) >= 11 is 0. The average Bonchev–Trinajstić information content (AvgIpc) is 2.49. The summed E-state index contributed by atoms with van der Waals surface area (Å²) in [4.78, 5) is 11.4. The molecule has 0 heterocycles. The van der Waals surface area contributed by atoms with Gasteiger partial charge in [-0.05, 0) is 38.1 Å². The molecular formula is C16H26N2O3. The van der Waals surface area contributed by atoms with Crippen LogP contribution in [0.4, 0.5) is 0 Å². The lowest BCUT2D eigenvalue weighted by Crippen LogP contribution is -2.24. The summed E-state index contributed by atoms with van der Waals surface area (Å²) < 4.78 is 11.0. The quantitative estimate of drug-likeness (QED) is 0.649. The summed E-state index contributed by atoms with van der Waals surface area (Å²) in [6, 6.07) is 5.72. The molecule has 0 saturated heterocycles. The van der Waals surface area contributed by atoms with Gasteiger partial charge in [0.05, 0.1) is 20.1 Å². The number of amides is 1. The Balaban J connectivity index is 2.59. The minimum absolute atomic E-state index is 0.0108. The molecule has 5 nitrogen and oxygen atoms in total. The fraction of sp³-hybridized carbons (Fsp3) is 0.562. The predicted molar refractivity (Wildman–Crippen MR) is 83.8 cm³/mol. The first kappa shape index (κ1) is 17.3. The third kappa shape index (κ3) is 6.49. The number of hydrogen-bond acceptors (Lipinski definition) is 4. The Kier molecular flexibility index (Phi) is 8.28. The molecule has 0 unspecified atom stereocenters. The van der Waals surface area contributed by atoms with Crippen LogP contribution in [0.2, 0.25) is 0 Å². The lowest BCUT2D eigenvalue weighted by atomic mass is 10.2. The standard InChI is InChI=1S/C16H26N2O3/c1-4-9-17-12-13-11-14(20-3)6-7-15(13)21-10-8-16(19)18-5-2/h6-7,11,17H,4-5,8-10,12H2,1-3H3,(H,18,19). The van der Waals surface area contributed by atoms with Gasteiger partial charge in [0, 0.05) is 18.7 Å². The van der Waals surface area contributed by atoms with Gasteiger partial charge in [-0.15, -0.1) is 0 Å². The maximum atomic E-state index is 11.4. The number of nitrogens with one attached hydrogen (secondary N) is 2. The number of carbonyl (C=O) groups excluding carboxylic acids is 1. The highest BCUT2D eigenvalue weighted by Crippen LogP contribution is 2.24. The number of carbonyl (C=O) groups is 1. The van der Waals surface area contributed by atoms with E-state index in [0.717, 1.165) is 36.6 Å². The Bertz CT molecular complexity index is 436. The Labute approximate surface area is 127 Å². The van der Waals surface area contributed by atoms with Crippen molar-refractivity contribution in [2.45, 2.75) is 33.2 Å². The molecule has 0 aliphatic rings. The van der Waals surface area contributed by atoms with Crippen LogP contribution in [0.25, 0.3) is 0 Å². The van der Waals surface area contributed by atoms with E-state index in [1.165, 1.54) is 0 Å². The van der Waals surface area contributed by atoms with Crippen LogP contribution in [0, 0.1) is 0 Å². The lowest BCUT2D eigenvalue weighted by Gasteiger charge is -2.13. The zero-order valence-electron chi connectivity index (χ0n) is 13.2. The highest BCUT2D eigenvalue weighted by Gasteiger charge is 2.07. The van der Waals surface area contributed by atoms with Crippen molar-refractivity contribution in [2.75, 3.05) is 26.8 Å². The summed E-state index contributed by atoms with van der Waals surface area (Å²) in [7, 11) is 1.65. The van der Waals surface area contributed by atoms with Crippen molar-refractivity contribution in [1.82, 2.24) is 10.6 Å². The van der Waals surface area contributed by atoms with Crippen molar-refractivity contribution in [3.05, 3.63) is 23.8 Å². The first-order chi connectivity index (χ1) is 10.2. The number of rotatable bonds is 10. The van der Waals surface area contributed by atoms with Gasteiger partial charge in [0.15, 0.2) is 0 Å². The largest absolute Gasteiger partial charge is 0.497 e. The van der Waals surface area contributed by atoms with Crippen LogP contribution < -0.4 is 20.1 Å². The van der Waals surface area contributed by atoms with Crippen LogP contribution in [-0.4, -0.2) is 32.7 Å². The van der Waals surface area contributed by atoms with Crippen molar-refractivity contribution in [3.63, 3.8) is 0 Å². The van der Waals surface area contributed by atoms with Gasteiger partial charge in [0.1, 0.15) is 11.5 Å². The van der Waals surface area contributed by atoms with Crippen molar-refractivity contribution in [1.29, 1.82) is 0 Å². The fourth-order valence-electron chi connectivity index (χ4n) is 1.90. The third-order valence-electron chi connectivity index (χ3n) is 2.97. The van der Waals surface area contributed by atoms with E-state index < -0.39 is 0 Å². The monoisotopic (exact) mass is 294 g/mol. The average molecular weight is 294 g/mol. The second-order valence-electron chi connectivity index (χ2n) is 4.70. The van der Waals surface area contributed by atoms with Gasteiger partial charge < -0.3 is 20.1 Å². The normalized spacial score (nSPS) is 10.2. The third-order valence-corrected chi connectivity index (χ3v) is 2.97. The van der Waals surface area contributed by atoms with Crippen molar-refractivity contribution >= 4 is 5.91 Å². The van der Waals surface area contributed by atoms with E-state index in [1.54, 1.807) is 7.11 Å². The van der Waals surface area contributed by atoms with Crippen molar-refractivity contribution < 1.29 is 14.3 Å². The Hall–Kier alpha value is -1.75. The molecule has 1 amide bonds. The molecule has 0 saturated carbocycles. The smallest absolute Gasteiger partial charge is 0.223 e. The molecular weight excluding hydrogens is 268 g/mol. The second kappa shape index (κ2) is 10.0. The van der Waals surface area contributed by atoms with Gasteiger partial charge in [0.2, 0.25) is 5.91 Å². The highest BCUT2D eigenvalue weighted by molar-refractivity contribution is 5.75. The molecule has 0 spiro atoms. The summed E-state index contributed by atoms with van der Waals surface area (Å²) in [5.74, 6) is 1.61. The van der Waals surface area contributed by atoms with E-state index in [1.807, 2.05) is 25.1 Å². The molecule has 1 aromatic rings. The molecule has 0 aliphatic carbocycles.